The highest BCUT2D eigenvalue weighted by Gasteiger charge is 2.30. The standard InChI is InChI=1S/C46H38N2S/c1-45(2,31-21-25-33(26-22-31)47-39-17-9-5-13-35(39)36-14-6-10-18-40(36)47)43-29-30-44(49-43)46(3,4)32-23-27-34(28-24-32)48-41-19-11-7-15-37(41)38-16-8-12-20-42(38)48/h5-30H,1-4H3. The van der Waals surface area contributed by atoms with Crippen molar-refractivity contribution in [2.45, 2.75) is 38.5 Å². The van der Waals surface area contributed by atoms with E-state index in [9.17, 15) is 0 Å². The van der Waals surface area contributed by atoms with Crippen LogP contribution in [0.5, 0.6) is 0 Å². The third-order valence-corrected chi connectivity index (χ3v) is 12.4. The summed E-state index contributed by atoms with van der Waals surface area (Å²) < 4.78 is 4.78. The van der Waals surface area contributed by atoms with Gasteiger partial charge in [-0.2, -0.15) is 0 Å². The minimum atomic E-state index is -0.126. The molecule has 0 fully saturated rings. The summed E-state index contributed by atoms with van der Waals surface area (Å²) in [7, 11) is 0. The Labute approximate surface area is 291 Å². The zero-order valence-corrected chi connectivity index (χ0v) is 29.1. The largest absolute Gasteiger partial charge is 0.309 e. The normalized spacial score (nSPS) is 12.5. The molecular formula is C46H38N2S. The van der Waals surface area contributed by atoms with E-state index in [1.165, 1.54) is 75.9 Å². The van der Waals surface area contributed by atoms with E-state index in [1.54, 1.807) is 0 Å². The van der Waals surface area contributed by atoms with E-state index in [1.807, 2.05) is 11.3 Å². The van der Waals surface area contributed by atoms with Gasteiger partial charge in [0.05, 0.1) is 22.1 Å². The fourth-order valence-corrected chi connectivity index (χ4v) is 9.01. The molecule has 0 aliphatic heterocycles. The molecule has 9 rings (SSSR count). The first kappa shape index (κ1) is 29.7. The van der Waals surface area contributed by atoms with Gasteiger partial charge >= 0.3 is 0 Å². The predicted molar refractivity (Wildman–Crippen MR) is 210 cm³/mol. The van der Waals surface area contributed by atoms with E-state index >= 15 is 0 Å². The maximum atomic E-state index is 2.39. The first-order chi connectivity index (χ1) is 23.8. The van der Waals surface area contributed by atoms with Gasteiger partial charge in [-0.25, -0.2) is 0 Å². The van der Waals surface area contributed by atoms with E-state index < -0.39 is 0 Å². The van der Waals surface area contributed by atoms with Crippen LogP contribution in [0.3, 0.4) is 0 Å². The van der Waals surface area contributed by atoms with Crippen molar-refractivity contribution in [3.05, 3.63) is 179 Å². The molecule has 0 aliphatic carbocycles. The maximum Gasteiger partial charge on any atom is 0.0541 e. The molecule has 0 N–H and O–H groups in total. The highest BCUT2D eigenvalue weighted by Crippen LogP contribution is 2.43. The Kier molecular flexibility index (Phi) is 6.73. The van der Waals surface area contributed by atoms with Crippen LogP contribution in [0.15, 0.2) is 158 Å². The number of fused-ring (bicyclic) bond motifs is 6. The van der Waals surface area contributed by atoms with E-state index in [4.69, 9.17) is 0 Å². The van der Waals surface area contributed by atoms with Crippen LogP contribution in [0.4, 0.5) is 0 Å². The van der Waals surface area contributed by atoms with E-state index in [-0.39, 0.29) is 10.8 Å². The smallest absolute Gasteiger partial charge is 0.0541 e. The molecule has 0 spiro atoms. The molecular weight excluding hydrogens is 613 g/mol. The Hall–Kier alpha value is -5.38. The van der Waals surface area contributed by atoms with Crippen LogP contribution < -0.4 is 0 Å². The SMILES string of the molecule is CC(C)(c1ccc(-n2c3ccccc3c3ccccc32)cc1)c1ccc(C(C)(C)c2ccc(-n3c4ccccc4c4ccccc43)cc2)s1. The molecule has 0 bridgehead atoms. The monoisotopic (exact) mass is 650 g/mol. The second-order valence-corrected chi connectivity index (χ2v) is 15.3. The van der Waals surface area contributed by atoms with E-state index in [2.05, 4.69) is 195 Å². The summed E-state index contributed by atoms with van der Waals surface area (Å²) in [4.78, 5) is 2.75. The van der Waals surface area contributed by atoms with Gasteiger partial charge < -0.3 is 9.13 Å². The molecule has 9 aromatic rings. The lowest BCUT2D eigenvalue weighted by atomic mass is 9.82. The number of nitrogens with zero attached hydrogens (tertiary/aromatic N) is 2. The molecule has 2 nitrogen and oxygen atoms in total. The number of thiophene rings is 1. The highest BCUT2D eigenvalue weighted by atomic mass is 32.1. The van der Waals surface area contributed by atoms with Gasteiger partial charge in [-0.05, 0) is 71.8 Å². The van der Waals surface area contributed by atoms with Gasteiger partial charge in [0.15, 0.2) is 0 Å². The molecule has 0 saturated carbocycles. The van der Waals surface area contributed by atoms with Gasteiger partial charge in [-0.15, -0.1) is 11.3 Å². The number of para-hydroxylation sites is 4. The average molecular weight is 651 g/mol. The second kappa shape index (κ2) is 11.1. The van der Waals surface area contributed by atoms with Gasteiger partial charge in [0.1, 0.15) is 0 Å². The van der Waals surface area contributed by atoms with Crippen molar-refractivity contribution in [3.63, 3.8) is 0 Å². The number of rotatable bonds is 6. The molecule has 238 valence electrons. The zero-order chi connectivity index (χ0) is 33.3. The number of hydrogen-bond acceptors (Lipinski definition) is 1. The van der Waals surface area contributed by atoms with Crippen molar-refractivity contribution in [1.29, 1.82) is 0 Å². The lowest BCUT2D eigenvalue weighted by Crippen LogP contribution is -2.18. The van der Waals surface area contributed by atoms with Crippen molar-refractivity contribution >= 4 is 54.9 Å². The molecule has 6 aromatic carbocycles. The third-order valence-electron chi connectivity index (χ3n) is 10.7. The van der Waals surface area contributed by atoms with Gasteiger partial charge in [0.25, 0.3) is 0 Å². The van der Waals surface area contributed by atoms with E-state index in [0.717, 1.165) is 0 Å². The molecule has 3 heteroatoms. The zero-order valence-electron chi connectivity index (χ0n) is 28.3. The Bertz CT molecular complexity index is 2350. The fourth-order valence-electron chi connectivity index (χ4n) is 7.75. The summed E-state index contributed by atoms with van der Waals surface area (Å²) in [6, 6.07) is 57.9. The van der Waals surface area contributed by atoms with Gasteiger partial charge in [0, 0.05) is 53.5 Å². The Balaban J connectivity index is 1.02. The van der Waals surface area contributed by atoms with Crippen LogP contribution >= 0.6 is 11.3 Å². The number of hydrogen-bond donors (Lipinski definition) is 0. The third kappa shape index (κ3) is 4.60. The molecule has 0 saturated heterocycles. The van der Waals surface area contributed by atoms with Gasteiger partial charge in [0.2, 0.25) is 0 Å². The Morgan fingerprint density at radius 2 is 0.633 bits per heavy atom. The summed E-state index contributed by atoms with van der Waals surface area (Å²) in [5.41, 5.74) is 9.72. The summed E-state index contributed by atoms with van der Waals surface area (Å²) >= 11 is 1.94. The first-order valence-corrected chi connectivity index (χ1v) is 17.9. The number of benzene rings is 6. The number of aromatic nitrogens is 2. The lowest BCUT2D eigenvalue weighted by molar-refractivity contribution is 0.653. The predicted octanol–water partition coefficient (Wildman–Crippen LogP) is 12.6. The van der Waals surface area contributed by atoms with Crippen molar-refractivity contribution in [3.8, 4) is 11.4 Å². The molecule has 49 heavy (non-hydrogen) atoms. The highest BCUT2D eigenvalue weighted by molar-refractivity contribution is 7.12. The molecule has 0 atom stereocenters. The summed E-state index contributed by atoms with van der Waals surface area (Å²) in [5.74, 6) is 0. The van der Waals surface area contributed by atoms with Crippen molar-refractivity contribution in [2.24, 2.45) is 0 Å². The van der Waals surface area contributed by atoms with Crippen molar-refractivity contribution in [1.82, 2.24) is 9.13 Å². The Morgan fingerprint density at radius 3 is 0.939 bits per heavy atom. The van der Waals surface area contributed by atoms with Crippen LogP contribution in [-0.4, -0.2) is 9.13 Å². The second-order valence-electron chi connectivity index (χ2n) is 14.2. The lowest BCUT2D eigenvalue weighted by Gasteiger charge is -2.27. The Morgan fingerprint density at radius 1 is 0.347 bits per heavy atom. The quantitative estimate of drug-likeness (QED) is 0.169. The van der Waals surface area contributed by atoms with Crippen LogP contribution in [0.1, 0.15) is 48.6 Å². The summed E-state index contributed by atoms with van der Waals surface area (Å²) in [6.07, 6.45) is 0. The minimum Gasteiger partial charge on any atom is -0.309 e. The summed E-state index contributed by atoms with van der Waals surface area (Å²) in [6.45, 7) is 9.41. The minimum absolute atomic E-state index is 0.126. The molecule has 0 unspecified atom stereocenters. The topological polar surface area (TPSA) is 9.86 Å². The molecule has 3 heterocycles. The average Bonchev–Trinajstić information content (AvgIpc) is 3.86. The van der Waals surface area contributed by atoms with Crippen LogP contribution in [0.2, 0.25) is 0 Å². The van der Waals surface area contributed by atoms with Crippen molar-refractivity contribution in [2.75, 3.05) is 0 Å². The van der Waals surface area contributed by atoms with Crippen molar-refractivity contribution < 1.29 is 0 Å². The molecule has 0 radical (unpaired) electrons. The maximum absolute atomic E-state index is 2.39. The summed E-state index contributed by atoms with van der Waals surface area (Å²) in [5, 5.41) is 5.16. The molecule has 0 aliphatic rings. The van der Waals surface area contributed by atoms with Crippen LogP contribution in [0.25, 0.3) is 55.0 Å². The fraction of sp³-hybridized carbons (Fsp3) is 0.130. The van der Waals surface area contributed by atoms with Gasteiger partial charge in [-0.3, -0.25) is 0 Å². The molecule has 0 amide bonds. The van der Waals surface area contributed by atoms with Gasteiger partial charge in [-0.1, -0.05) is 125 Å². The van der Waals surface area contributed by atoms with E-state index in [0.29, 0.717) is 0 Å². The first-order valence-electron chi connectivity index (χ1n) is 17.1. The van der Waals surface area contributed by atoms with Crippen LogP contribution in [0, 0.1) is 0 Å². The molecule has 3 aromatic heterocycles. The van der Waals surface area contributed by atoms with Crippen LogP contribution in [-0.2, 0) is 10.8 Å².